The molecule has 0 radical (unpaired) electrons. The van der Waals surface area contributed by atoms with Crippen LogP contribution in [0.5, 0.6) is 0 Å². The first-order chi connectivity index (χ1) is 5.25. The van der Waals surface area contributed by atoms with Crippen molar-refractivity contribution in [2.45, 2.75) is 11.8 Å². The van der Waals surface area contributed by atoms with Crippen molar-refractivity contribution < 1.29 is 4.39 Å². The molecule has 2 N–H and O–H groups in total. The summed E-state index contributed by atoms with van der Waals surface area (Å²) in [7, 11) is 0. The van der Waals surface area contributed by atoms with Crippen LogP contribution in [0.25, 0.3) is 0 Å². The quantitative estimate of drug-likeness (QED) is 0.546. The van der Waals surface area contributed by atoms with Crippen LogP contribution in [0.1, 0.15) is 6.92 Å². The molecule has 0 aromatic heterocycles. The van der Waals surface area contributed by atoms with Crippen molar-refractivity contribution >= 4 is 17.4 Å². The molecule has 0 saturated heterocycles. The van der Waals surface area contributed by atoms with Gasteiger partial charge in [-0.05, 0) is 17.9 Å². The second kappa shape index (κ2) is 3.62. The number of nitrogen functional groups attached to an aromatic ring is 1. The Morgan fingerprint density at radius 2 is 2.27 bits per heavy atom. The Kier molecular flexibility index (Phi) is 2.76. The highest BCUT2D eigenvalue weighted by Crippen LogP contribution is 2.26. The van der Waals surface area contributed by atoms with Gasteiger partial charge in [-0.15, -0.1) is 11.8 Å². The molecule has 0 fully saturated rings. The SMILES string of the molecule is CCSc1cccc(F)c1N. The number of hydrogen-bond donors (Lipinski definition) is 1. The van der Waals surface area contributed by atoms with Gasteiger partial charge in [-0.3, -0.25) is 0 Å². The third-order valence-electron chi connectivity index (χ3n) is 1.31. The first kappa shape index (κ1) is 8.40. The van der Waals surface area contributed by atoms with E-state index in [1.165, 1.54) is 6.07 Å². The van der Waals surface area contributed by atoms with Crippen LogP contribution in [0.4, 0.5) is 10.1 Å². The standard InChI is InChI=1S/C8H10FNS/c1-2-11-7-5-3-4-6(9)8(7)10/h3-5H,2,10H2,1H3. The molecule has 1 aromatic rings. The minimum absolute atomic E-state index is 0.263. The summed E-state index contributed by atoms with van der Waals surface area (Å²) in [6, 6.07) is 4.87. The molecule has 11 heavy (non-hydrogen) atoms. The Morgan fingerprint density at radius 1 is 1.55 bits per heavy atom. The molecule has 1 nitrogen and oxygen atoms in total. The van der Waals surface area contributed by atoms with Crippen LogP contribution in [0.2, 0.25) is 0 Å². The number of benzene rings is 1. The van der Waals surface area contributed by atoms with E-state index < -0.39 is 0 Å². The van der Waals surface area contributed by atoms with Crippen molar-refractivity contribution in [3.8, 4) is 0 Å². The van der Waals surface area contributed by atoms with Crippen molar-refractivity contribution in [3.63, 3.8) is 0 Å². The first-order valence-electron chi connectivity index (χ1n) is 3.42. The molecule has 0 unspecified atom stereocenters. The fourth-order valence-electron chi connectivity index (χ4n) is 0.799. The normalized spacial score (nSPS) is 10.0. The molecule has 1 rings (SSSR count). The van der Waals surface area contributed by atoms with E-state index in [0.717, 1.165) is 10.6 Å². The van der Waals surface area contributed by atoms with E-state index in [9.17, 15) is 4.39 Å². The van der Waals surface area contributed by atoms with Gasteiger partial charge in [0.25, 0.3) is 0 Å². The third-order valence-corrected chi connectivity index (χ3v) is 2.27. The van der Waals surface area contributed by atoms with Gasteiger partial charge in [-0.25, -0.2) is 4.39 Å². The third kappa shape index (κ3) is 1.87. The van der Waals surface area contributed by atoms with Gasteiger partial charge in [0.15, 0.2) is 0 Å². The lowest BCUT2D eigenvalue weighted by Crippen LogP contribution is -1.92. The summed E-state index contributed by atoms with van der Waals surface area (Å²) in [5, 5.41) is 0. The van der Waals surface area contributed by atoms with Crippen LogP contribution in [0, 0.1) is 5.82 Å². The monoisotopic (exact) mass is 171 g/mol. The van der Waals surface area contributed by atoms with Crippen molar-refractivity contribution in [2.75, 3.05) is 11.5 Å². The molecule has 60 valence electrons. The van der Waals surface area contributed by atoms with Gasteiger partial charge in [0.1, 0.15) is 5.82 Å². The molecule has 0 atom stereocenters. The zero-order valence-electron chi connectivity index (χ0n) is 6.30. The molecule has 0 bridgehead atoms. The summed E-state index contributed by atoms with van der Waals surface area (Å²) in [6.45, 7) is 2.01. The molecule has 0 amide bonds. The van der Waals surface area contributed by atoms with E-state index in [1.807, 2.05) is 13.0 Å². The van der Waals surface area contributed by atoms with Gasteiger partial charge >= 0.3 is 0 Å². The number of para-hydroxylation sites is 1. The second-order valence-electron chi connectivity index (χ2n) is 2.08. The van der Waals surface area contributed by atoms with Crippen LogP contribution in [-0.4, -0.2) is 5.75 Å². The molecule has 0 heterocycles. The smallest absolute Gasteiger partial charge is 0.147 e. The fourth-order valence-corrected chi connectivity index (χ4v) is 1.54. The van der Waals surface area contributed by atoms with Gasteiger partial charge < -0.3 is 5.73 Å². The Bertz CT molecular complexity index is 250. The lowest BCUT2D eigenvalue weighted by Gasteiger charge is -2.02. The largest absolute Gasteiger partial charge is 0.395 e. The predicted octanol–water partition coefficient (Wildman–Crippen LogP) is 2.52. The highest BCUT2D eigenvalue weighted by atomic mass is 32.2. The summed E-state index contributed by atoms with van der Waals surface area (Å²) in [4.78, 5) is 0.826. The Hall–Kier alpha value is -0.700. The van der Waals surface area contributed by atoms with Gasteiger partial charge in [0, 0.05) is 4.90 Å². The molecule has 0 aliphatic rings. The average molecular weight is 171 g/mol. The summed E-state index contributed by atoms with van der Waals surface area (Å²) in [5.41, 5.74) is 5.74. The van der Waals surface area contributed by atoms with Crippen molar-refractivity contribution in [1.82, 2.24) is 0 Å². The molecular formula is C8H10FNS. The number of halogens is 1. The molecule has 0 aliphatic heterocycles. The van der Waals surface area contributed by atoms with Crippen LogP contribution < -0.4 is 5.73 Å². The zero-order chi connectivity index (χ0) is 8.27. The summed E-state index contributed by atoms with van der Waals surface area (Å²) in [6.07, 6.45) is 0. The highest BCUT2D eigenvalue weighted by Gasteiger charge is 2.02. The van der Waals surface area contributed by atoms with Gasteiger partial charge in [0.2, 0.25) is 0 Å². The maximum absolute atomic E-state index is 12.8. The molecular weight excluding hydrogens is 161 g/mol. The summed E-state index contributed by atoms with van der Waals surface area (Å²) in [5.74, 6) is 0.580. The average Bonchev–Trinajstić information content (AvgIpc) is 1.99. The number of rotatable bonds is 2. The predicted molar refractivity (Wildman–Crippen MR) is 47.2 cm³/mol. The Morgan fingerprint density at radius 3 is 2.91 bits per heavy atom. The maximum Gasteiger partial charge on any atom is 0.147 e. The van der Waals surface area contributed by atoms with E-state index in [4.69, 9.17) is 5.73 Å². The van der Waals surface area contributed by atoms with Gasteiger partial charge in [0.05, 0.1) is 5.69 Å². The van der Waals surface area contributed by atoms with E-state index in [-0.39, 0.29) is 11.5 Å². The maximum atomic E-state index is 12.8. The number of anilines is 1. The van der Waals surface area contributed by atoms with Gasteiger partial charge in [-0.1, -0.05) is 13.0 Å². The lowest BCUT2D eigenvalue weighted by atomic mass is 10.3. The molecule has 0 aliphatic carbocycles. The van der Waals surface area contributed by atoms with Crippen molar-refractivity contribution in [3.05, 3.63) is 24.0 Å². The van der Waals surface area contributed by atoms with E-state index >= 15 is 0 Å². The fraction of sp³-hybridized carbons (Fsp3) is 0.250. The van der Waals surface area contributed by atoms with Crippen LogP contribution in [0.3, 0.4) is 0 Å². The lowest BCUT2D eigenvalue weighted by molar-refractivity contribution is 0.629. The molecule has 0 spiro atoms. The highest BCUT2D eigenvalue weighted by molar-refractivity contribution is 7.99. The molecule has 0 saturated carbocycles. The molecule has 1 aromatic carbocycles. The van der Waals surface area contributed by atoms with Crippen LogP contribution in [-0.2, 0) is 0 Å². The Balaban J connectivity index is 2.96. The van der Waals surface area contributed by atoms with Crippen molar-refractivity contribution in [2.24, 2.45) is 0 Å². The minimum atomic E-state index is -0.330. The summed E-state index contributed by atoms with van der Waals surface area (Å²) < 4.78 is 12.8. The first-order valence-corrected chi connectivity index (χ1v) is 4.41. The minimum Gasteiger partial charge on any atom is -0.395 e. The van der Waals surface area contributed by atoms with E-state index in [1.54, 1.807) is 17.8 Å². The zero-order valence-corrected chi connectivity index (χ0v) is 7.12. The van der Waals surface area contributed by atoms with Gasteiger partial charge in [-0.2, -0.15) is 0 Å². The number of hydrogen-bond acceptors (Lipinski definition) is 2. The van der Waals surface area contributed by atoms with Crippen LogP contribution in [0.15, 0.2) is 23.1 Å². The van der Waals surface area contributed by atoms with Crippen molar-refractivity contribution in [1.29, 1.82) is 0 Å². The molecule has 3 heteroatoms. The topological polar surface area (TPSA) is 26.0 Å². The second-order valence-corrected chi connectivity index (χ2v) is 3.39. The van der Waals surface area contributed by atoms with E-state index in [0.29, 0.717) is 0 Å². The Labute approximate surface area is 69.8 Å². The van der Waals surface area contributed by atoms with Crippen LogP contribution >= 0.6 is 11.8 Å². The number of nitrogens with two attached hydrogens (primary N) is 1. The number of thioether (sulfide) groups is 1. The summed E-state index contributed by atoms with van der Waals surface area (Å²) >= 11 is 1.55. The van der Waals surface area contributed by atoms with E-state index in [2.05, 4.69) is 0 Å².